The number of H-pyrrole nitrogens is 1. The van der Waals surface area contributed by atoms with Crippen molar-refractivity contribution < 1.29 is 5.11 Å². The van der Waals surface area contributed by atoms with Crippen LogP contribution in [0.5, 0.6) is 0 Å². The van der Waals surface area contributed by atoms with E-state index in [1.165, 1.54) is 0 Å². The van der Waals surface area contributed by atoms with Crippen LogP contribution in [0.2, 0.25) is 0 Å². The molecule has 0 saturated carbocycles. The quantitative estimate of drug-likeness (QED) is 0.697. The Balaban J connectivity index is 1.87. The summed E-state index contributed by atoms with van der Waals surface area (Å²) in [6.45, 7) is 0.908. The number of nitrogens with two attached hydrogens (primary N) is 1. The molecule has 1 aliphatic rings. The van der Waals surface area contributed by atoms with Gasteiger partial charge in [-0.3, -0.25) is 9.78 Å². The van der Waals surface area contributed by atoms with Crippen LogP contribution in [0.25, 0.3) is 11.2 Å². The summed E-state index contributed by atoms with van der Waals surface area (Å²) in [5.41, 5.74) is 6.09. The number of anilines is 1. The molecule has 4 N–H and O–H groups in total. The van der Waals surface area contributed by atoms with Crippen molar-refractivity contribution in [1.82, 2.24) is 19.5 Å². The predicted octanol–water partition coefficient (Wildman–Crippen LogP) is 0.276. The van der Waals surface area contributed by atoms with E-state index in [1.807, 2.05) is 4.57 Å². The van der Waals surface area contributed by atoms with E-state index in [9.17, 15) is 4.79 Å². The van der Waals surface area contributed by atoms with Crippen LogP contribution < -0.4 is 11.3 Å². The molecule has 7 heteroatoms. The van der Waals surface area contributed by atoms with E-state index in [0.29, 0.717) is 23.6 Å². The van der Waals surface area contributed by atoms with Gasteiger partial charge in [0, 0.05) is 13.2 Å². The molecule has 0 unspecified atom stereocenters. The van der Waals surface area contributed by atoms with Crippen molar-refractivity contribution >= 4 is 17.1 Å². The van der Waals surface area contributed by atoms with Gasteiger partial charge in [-0.2, -0.15) is 4.98 Å². The Morgan fingerprint density at radius 1 is 1.40 bits per heavy atom. The van der Waals surface area contributed by atoms with Crippen LogP contribution in [0.15, 0.2) is 23.3 Å². The van der Waals surface area contributed by atoms with Gasteiger partial charge in [0.2, 0.25) is 5.95 Å². The Kier molecular flexibility index (Phi) is 3.27. The molecule has 0 bridgehead atoms. The minimum absolute atomic E-state index is 0.101. The fourth-order valence-corrected chi connectivity index (χ4v) is 2.60. The largest absolute Gasteiger partial charge is 0.396 e. The predicted molar refractivity (Wildman–Crippen MR) is 75.0 cm³/mol. The first-order chi connectivity index (χ1) is 9.67. The fourth-order valence-electron chi connectivity index (χ4n) is 2.60. The van der Waals surface area contributed by atoms with Gasteiger partial charge in [-0.25, -0.2) is 4.98 Å². The summed E-state index contributed by atoms with van der Waals surface area (Å²) in [6.07, 6.45) is 7.77. The lowest BCUT2D eigenvalue weighted by atomic mass is 9.89. The first-order valence-electron chi connectivity index (χ1n) is 6.67. The van der Waals surface area contributed by atoms with Crippen LogP contribution in [0.3, 0.4) is 0 Å². The normalized spacial score (nSPS) is 22.4. The van der Waals surface area contributed by atoms with E-state index in [-0.39, 0.29) is 24.0 Å². The van der Waals surface area contributed by atoms with Crippen molar-refractivity contribution in [1.29, 1.82) is 0 Å². The molecule has 0 spiro atoms. The van der Waals surface area contributed by atoms with Crippen molar-refractivity contribution in [3.05, 3.63) is 28.8 Å². The maximum absolute atomic E-state index is 11.7. The highest BCUT2D eigenvalue weighted by Gasteiger charge is 2.17. The van der Waals surface area contributed by atoms with E-state index in [2.05, 4.69) is 27.1 Å². The van der Waals surface area contributed by atoms with Gasteiger partial charge >= 0.3 is 0 Å². The van der Waals surface area contributed by atoms with Crippen LogP contribution in [0, 0.1) is 11.8 Å². The summed E-state index contributed by atoms with van der Waals surface area (Å²) < 4.78 is 1.86. The van der Waals surface area contributed by atoms with E-state index >= 15 is 0 Å². The zero-order valence-electron chi connectivity index (χ0n) is 11.0. The molecule has 0 aliphatic heterocycles. The van der Waals surface area contributed by atoms with Gasteiger partial charge in [0.25, 0.3) is 5.56 Å². The van der Waals surface area contributed by atoms with Crippen molar-refractivity contribution in [2.45, 2.75) is 19.4 Å². The highest BCUT2D eigenvalue weighted by Crippen LogP contribution is 2.24. The maximum Gasteiger partial charge on any atom is 0.280 e. The van der Waals surface area contributed by atoms with Gasteiger partial charge < -0.3 is 15.4 Å². The molecular weight excluding hydrogens is 258 g/mol. The number of hydrogen-bond donors (Lipinski definition) is 3. The molecule has 106 valence electrons. The van der Waals surface area contributed by atoms with Gasteiger partial charge in [0.1, 0.15) is 0 Å². The van der Waals surface area contributed by atoms with E-state index in [0.717, 1.165) is 12.8 Å². The standard InChI is InChI=1S/C13H17N5O2/c14-13-16-11-10(12(20)17-13)15-7-18(11)5-8-1-3-9(6-19)4-2-8/h1,3,7-9,19H,2,4-6H2,(H3,14,16,17,20)/t8-,9+/m1/s1. The number of allylic oxidation sites excluding steroid dienone is 1. The van der Waals surface area contributed by atoms with Crippen molar-refractivity contribution in [3.8, 4) is 0 Å². The van der Waals surface area contributed by atoms with Gasteiger partial charge in [-0.15, -0.1) is 0 Å². The molecule has 2 aromatic heterocycles. The van der Waals surface area contributed by atoms with Crippen LogP contribution >= 0.6 is 0 Å². The number of hydrogen-bond acceptors (Lipinski definition) is 5. The molecule has 20 heavy (non-hydrogen) atoms. The maximum atomic E-state index is 11.7. The van der Waals surface area contributed by atoms with Crippen molar-refractivity contribution in [3.63, 3.8) is 0 Å². The van der Waals surface area contributed by atoms with E-state index < -0.39 is 0 Å². The molecule has 3 rings (SSSR count). The van der Waals surface area contributed by atoms with Crippen molar-refractivity contribution in [2.75, 3.05) is 12.3 Å². The summed E-state index contributed by atoms with van der Waals surface area (Å²) in [6, 6.07) is 0. The second-order valence-corrected chi connectivity index (χ2v) is 5.19. The molecule has 1 aliphatic carbocycles. The molecule has 0 radical (unpaired) electrons. The molecule has 7 nitrogen and oxygen atoms in total. The first kappa shape index (κ1) is 12.9. The summed E-state index contributed by atoms with van der Waals surface area (Å²) in [4.78, 5) is 22.4. The van der Waals surface area contributed by atoms with Crippen LogP contribution in [0.4, 0.5) is 5.95 Å². The Morgan fingerprint density at radius 3 is 2.85 bits per heavy atom. The van der Waals surface area contributed by atoms with E-state index in [4.69, 9.17) is 10.8 Å². The highest BCUT2D eigenvalue weighted by atomic mass is 16.3. The van der Waals surface area contributed by atoms with Gasteiger partial charge in [0.15, 0.2) is 11.2 Å². The summed E-state index contributed by atoms with van der Waals surface area (Å²) in [5.74, 6) is 0.726. The average molecular weight is 275 g/mol. The molecule has 0 amide bonds. The lowest BCUT2D eigenvalue weighted by Crippen LogP contribution is -2.17. The smallest absolute Gasteiger partial charge is 0.280 e. The van der Waals surface area contributed by atoms with Crippen molar-refractivity contribution in [2.24, 2.45) is 11.8 Å². The molecule has 2 heterocycles. The van der Waals surface area contributed by atoms with Gasteiger partial charge in [-0.05, 0) is 24.7 Å². The number of rotatable bonds is 3. The highest BCUT2D eigenvalue weighted by molar-refractivity contribution is 5.70. The summed E-state index contributed by atoms with van der Waals surface area (Å²) in [5, 5.41) is 9.11. The summed E-state index contributed by atoms with van der Waals surface area (Å²) >= 11 is 0. The minimum Gasteiger partial charge on any atom is -0.396 e. The number of aromatic nitrogens is 4. The first-order valence-corrected chi connectivity index (χ1v) is 6.67. The Hall–Kier alpha value is -2.15. The average Bonchev–Trinajstić information content (AvgIpc) is 2.83. The van der Waals surface area contributed by atoms with Crippen LogP contribution in [-0.2, 0) is 6.54 Å². The lowest BCUT2D eigenvalue weighted by Gasteiger charge is -2.21. The molecular formula is C13H17N5O2. The monoisotopic (exact) mass is 275 g/mol. The number of aliphatic hydroxyl groups excluding tert-OH is 1. The fraction of sp³-hybridized carbons (Fsp3) is 0.462. The number of nitrogens with zero attached hydrogens (tertiary/aromatic N) is 3. The Morgan fingerprint density at radius 2 is 2.15 bits per heavy atom. The lowest BCUT2D eigenvalue weighted by molar-refractivity contribution is 0.232. The second-order valence-electron chi connectivity index (χ2n) is 5.19. The zero-order valence-corrected chi connectivity index (χ0v) is 11.0. The molecule has 0 fully saturated rings. The number of aromatic amines is 1. The van der Waals surface area contributed by atoms with Gasteiger partial charge in [-0.1, -0.05) is 12.2 Å². The summed E-state index contributed by atoms with van der Waals surface area (Å²) in [7, 11) is 0. The third-order valence-electron chi connectivity index (χ3n) is 3.72. The SMILES string of the molecule is Nc1nc2c(ncn2C[C@@H]2C=C[C@H](CO)CC2)c(=O)[nH]1. The molecule has 2 aromatic rings. The van der Waals surface area contributed by atoms with E-state index in [1.54, 1.807) is 6.33 Å². The number of nitrogens with one attached hydrogen (secondary N) is 1. The number of imidazole rings is 1. The zero-order chi connectivity index (χ0) is 14.1. The van der Waals surface area contributed by atoms with Crippen LogP contribution in [0.1, 0.15) is 12.8 Å². The van der Waals surface area contributed by atoms with Gasteiger partial charge in [0.05, 0.1) is 6.33 Å². The topological polar surface area (TPSA) is 110 Å². The number of aliphatic hydroxyl groups is 1. The second kappa shape index (κ2) is 5.09. The number of nitrogen functional groups attached to an aromatic ring is 1. The molecule has 2 atom stereocenters. The van der Waals surface area contributed by atoms with Crippen LogP contribution in [-0.4, -0.2) is 31.2 Å². The third-order valence-corrected chi connectivity index (χ3v) is 3.72. The number of fused-ring (bicyclic) bond motifs is 1. The molecule has 0 saturated heterocycles. The minimum atomic E-state index is -0.314. The Labute approximate surface area is 115 Å². The Bertz CT molecular complexity index is 702. The molecule has 0 aromatic carbocycles. The third kappa shape index (κ3) is 2.32.